The molecule has 138 valence electrons. The first-order valence-corrected chi connectivity index (χ1v) is 7.73. The number of nitro benzene ring substituents is 2. The average Bonchev–Trinajstić information content (AvgIpc) is 2.43. The summed E-state index contributed by atoms with van der Waals surface area (Å²) in [6, 6.07) is 1.12. The zero-order valence-electron chi connectivity index (χ0n) is 14.4. The van der Waals surface area contributed by atoms with E-state index in [1.54, 1.807) is 0 Å². The van der Waals surface area contributed by atoms with E-state index in [0.29, 0.717) is 18.9 Å². The van der Waals surface area contributed by atoms with E-state index in [1.165, 1.54) is 5.06 Å². The molecular weight excluding hydrogens is 335 g/mol. The summed E-state index contributed by atoms with van der Waals surface area (Å²) in [5.74, 6) is -1.14. The summed E-state index contributed by atoms with van der Waals surface area (Å²) in [4.78, 5) is 20.2. The predicted molar refractivity (Wildman–Crippen MR) is 88.1 cm³/mol. The van der Waals surface area contributed by atoms with Gasteiger partial charge in [0.25, 0.3) is 5.69 Å². The zero-order chi connectivity index (χ0) is 19.2. The Hall–Kier alpha value is -2.33. The summed E-state index contributed by atoms with van der Waals surface area (Å²) in [5.41, 5.74) is -2.82. The van der Waals surface area contributed by atoms with E-state index in [9.17, 15) is 29.8 Å². The smallest absolute Gasteiger partial charge is 0.311 e. The first-order valence-electron chi connectivity index (χ1n) is 7.73. The molecule has 0 atom stereocenters. The molecule has 0 aromatic heterocycles. The highest BCUT2D eigenvalue weighted by atomic mass is 19.1. The zero-order valence-corrected chi connectivity index (χ0v) is 14.4. The van der Waals surface area contributed by atoms with Gasteiger partial charge in [-0.3, -0.25) is 20.2 Å². The SMILES string of the molecule is CC1(C)CC(Nc2cc(F)c([N+](=O)[O-])cc2[N+](=O)[O-])CC(C)(C)N1O. The van der Waals surface area contributed by atoms with Crippen LogP contribution in [0.15, 0.2) is 12.1 Å². The molecule has 25 heavy (non-hydrogen) atoms. The number of anilines is 1. The van der Waals surface area contributed by atoms with Crippen LogP contribution in [0.5, 0.6) is 0 Å². The molecule has 1 heterocycles. The Morgan fingerprint density at radius 3 is 2.04 bits per heavy atom. The molecule has 1 aromatic carbocycles. The van der Waals surface area contributed by atoms with E-state index in [2.05, 4.69) is 5.32 Å². The Morgan fingerprint density at radius 2 is 1.60 bits per heavy atom. The number of piperidine rings is 1. The van der Waals surface area contributed by atoms with Crippen molar-refractivity contribution in [2.24, 2.45) is 0 Å². The van der Waals surface area contributed by atoms with Gasteiger partial charge in [-0.25, -0.2) is 0 Å². The normalized spacial score (nSPS) is 20.2. The molecule has 1 saturated heterocycles. The van der Waals surface area contributed by atoms with Crippen LogP contribution in [-0.2, 0) is 0 Å². The van der Waals surface area contributed by atoms with Crippen molar-refractivity contribution in [2.75, 3.05) is 5.32 Å². The van der Waals surface area contributed by atoms with Crippen LogP contribution in [0, 0.1) is 26.0 Å². The molecule has 1 aliphatic heterocycles. The Balaban J connectivity index is 2.38. The van der Waals surface area contributed by atoms with Gasteiger partial charge >= 0.3 is 5.69 Å². The van der Waals surface area contributed by atoms with Crippen molar-refractivity contribution in [3.05, 3.63) is 38.2 Å². The molecule has 2 N–H and O–H groups in total. The minimum Gasteiger partial charge on any atom is -0.377 e. The third kappa shape index (κ3) is 3.69. The number of hydroxylamine groups is 2. The number of rotatable bonds is 4. The van der Waals surface area contributed by atoms with E-state index in [-0.39, 0.29) is 11.7 Å². The lowest BCUT2D eigenvalue weighted by Crippen LogP contribution is -2.61. The maximum atomic E-state index is 13.9. The lowest BCUT2D eigenvalue weighted by Gasteiger charge is -2.51. The fourth-order valence-electron chi connectivity index (χ4n) is 3.55. The topological polar surface area (TPSA) is 122 Å². The summed E-state index contributed by atoms with van der Waals surface area (Å²) in [6.45, 7) is 7.31. The Morgan fingerprint density at radius 1 is 1.12 bits per heavy atom. The van der Waals surface area contributed by atoms with Gasteiger partial charge in [-0.05, 0) is 40.5 Å². The molecule has 1 aromatic rings. The van der Waals surface area contributed by atoms with Crippen LogP contribution < -0.4 is 5.32 Å². The number of nitrogens with one attached hydrogen (secondary N) is 1. The second kappa shape index (κ2) is 6.19. The lowest BCUT2D eigenvalue weighted by molar-refractivity contribution is -0.395. The van der Waals surface area contributed by atoms with Gasteiger partial charge in [0.05, 0.1) is 15.9 Å². The fourth-order valence-corrected chi connectivity index (χ4v) is 3.55. The number of nitro groups is 2. The molecule has 0 bridgehead atoms. The van der Waals surface area contributed by atoms with Crippen molar-refractivity contribution in [3.63, 3.8) is 0 Å². The molecule has 0 amide bonds. The predicted octanol–water partition coefficient (Wildman–Crippen LogP) is 3.46. The Bertz CT molecular complexity index is 704. The van der Waals surface area contributed by atoms with Crippen LogP contribution in [0.3, 0.4) is 0 Å². The van der Waals surface area contributed by atoms with Crippen molar-refractivity contribution >= 4 is 17.1 Å². The van der Waals surface area contributed by atoms with E-state index in [0.717, 1.165) is 6.07 Å². The summed E-state index contributed by atoms with van der Waals surface area (Å²) in [6.07, 6.45) is 0.894. The number of nitrogens with zero attached hydrogens (tertiary/aromatic N) is 3. The van der Waals surface area contributed by atoms with Gasteiger partial charge in [0, 0.05) is 23.2 Å². The molecule has 9 nitrogen and oxygen atoms in total. The van der Waals surface area contributed by atoms with Gasteiger partial charge in [0.1, 0.15) is 5.69 Å². The standard InChI is InChI=1S/C15H21FN4O5/c1-14(2)7-9(8-15(3,4)20(14)25)17-11-5-10(16)12(18(21)22)6-13(11)19(23)24/h5-6,9,17,25H,7-8H2,1-4H3. The van der Waals surface area contributed by atoms with Gasteiger partial charge < -0.3 is 10.5 Å². The number of hydrogen-bond acceptors (Lipinski definition) is 7. The maximum Gasteiger partial charge on any atom is 0.311 e. The Kier molecular flexibility index (Phi) is 4.71. The largest absolute Gasteiger partial charge is 0.377 e. The van der Waals surface area contributed by atoms with E-state index >= 15 is 0 Å². The second-order valence-corrected chi connectivity index (χ2v) is 7.52. The third-order valence-corrected chi connectivity index (χ3v) is 4.46. The molecule has 0 unspecified atom stereocenters. The summed E-state index contributed by atoms with van der Waals surface area (Å²) in [5, 5.41) is 36.5. The van der Waals surface area contributed by atoms with Gasteiger partial charge in [-0.2, -0.15) is 9.45 Å². The first kappa shape index (κ1) is 19.0. The van der Waals surface area contributed by atoms with Crippen LogP contribution >= 0.6 is 0 Å². The minimum atomic E-state index is -1.14. The second-order valence-electron chi connectivity index (χ2n) is 7.52. The van der Waals surface area contributed by atoms with Crippen LogP contribution in [0.1, 0.15) is 40.5 Å². The lowest BCUT2D eigenvalue weighted by atomic mass is 9.79. The van der Waals surface area contributed by atoms with Gasteiger partial charge in [0.2, 0.25) is 5.82 Å². The van der Waals surface area contributed by atoms with Gasteiger partial charge in [-0.15, -0.1) is 0 Å². The average molecular weight is 356 g/mol. The van der Waals surface area contributed by atoms with Crippen molar-refractivity contribution in [1.29, 1.82) is 0 Å². The van der Waals surface area contributed by atoms with Gasteiger partial charge in [0.15, 0.2) is 0 Å². The first-order chi connectivity index (χ1) is 11.3. The van der Waals surface area contributed by atoms with Crippen molar-refractivity contribution in [1.82, 2.24) is 5.06 Å². The number of hydrogen-bond donors (Lipinski definition) is 2. The third-order valence-electron chi connectivity index (χ3n) is 4.46. The maximum absolute atomic E-state index is 13.9. The molecule has 1 fully saturated rings. The molecule has 0 saturated carbocycles. The molecule has 0 aliphatic carbocycles. The fraction of sp³-hybridized carbons (Fsp3) is 0.600. The number of halogens is 1. The molecular formula is C15H21FN4O5. The number of benzene rings is 1. The van der Waals surface area contributed by atoms with Crippen molar-refractivity contribution in [3.8, 4) is 0 Å². The molecule has 10 heteroatoms. The summed E-state index contributed by atoms with van der Waals surface area (Å²) < 4.78 is 13.9. The van der Waals surface area contributed by atoms with E-state index in [1.807, 2.05) is 27.7 Å². The van der Waals surface area contributed by atoms with Crippen LogP contribution in [0.25, 0.3) is 0 Å². The molecule has 0 radical (unpaired) electrons. The van der Waals surface area contributed by atoms with Crippen LogP contribution in [0.4, 0.5) is 21.5 Å². The highest BCUT2D eigenvalue weighted by Gasteiger charge is 2.45. The molecule has 2 rings (SSSR count). The summed E-state index contributed by atoms with van der Waals surface area (Å²) in [7, 11) is 0. The highest BCUT2D eigenvalue weighted by molar-refractivity contribution is 5.66. The molecule has 0 spiro atoms. The quantitative estimate of drug-likeness (QED) is 0.625. The highest BCUT2D eigenvalue weighted by Crippen LogP contribution is 2.39. The van der Waals surface area contributed by atoms with E-state index in [4.69, 9.17) is 0 Å². The van der Waals surface area contributed by atoms with Crippen molar-refractivity contribution < 1.29 is 19.4 Å². The van der Waals surface area contributed by atoms with Gasteiger partial charge in [-0.1, -0.05) is 0 Å². The van der Waals surface area contributed by atoms with E-state index < -0.39 is 38.1 Å². The Labute approximate surface area is 143 Å². The van der Waals surface area contributed by atoms with Crippen LogP contribution in [-0.4, -0.2) is 37.2 Å². The molecule has 1 aliphatic rings. The monoisotopic (exact) mass is 356 g/mol. The van der Waals surface area contributed by atoms with Crippen LogP contribution in [0.2, 0.25) is 0 Å². The van der Waals surface area contributed by atoms with Crippen molar-refractivity contribution in [2.45, 2.75) is 57.7 Å². The minimum absolute atomic E-state index is 0.115. The summed E-state index contributed by atoms with van der Waals surface area (Å²) >= 11 is 0.